The maximum absolute atomic E-state index is 11.5. The topological polar surface area (TPSA) is 66.4 Å². The van der Waals surface area contributed by atoms with Crippen LogP contribution in [0.3, 0.4) is 0 Å². The number of thiophene rings is 1. The van der Waals surface area contributed by atoms with Gasteiger partial charge in [0, 0.05) is 27.6 Å². The van der Waals surface area contributed by atoms with Gasteiger partial charge in [-0.2, -0.15) is 0 Å². The van der Waals surface area contributed by atoms with Gasteiger partial charge in [0.05, 0.1) is 6.54 Å². The number of aliphatic carboxylic acids is 1. The van der Waals surface area contributed by atoms with Gasteiger partial charge in [0.15, 0.2) is 0 Å². The van der Waals surface area contributed by atoms with Crippen LogP contribution >= 0.6 is 27.3 Å². The molecular weight excluding hydrogens is 306 g/mol. The Labute approximate surface area is 112 Å². The molecule has 0 aromatic carbocycles. The molecule has 0 aliphatic rings. The highest BCUT2D eigenvalue weighted by Gasteiger charge is 2.12. The van der Waals surface area contributed by atoms with E-state index in [9.17, 15) is 9.59 Å². The van der Waals surface area contributed by atoms with E-state index in [1.165, 1.54) is 0 Å². The number of hydrogen-bond donors (Lipinski definition) is 2. The number of nitrogens with one attached hydrogen (secondary N) is 1. The third kappa shape index (κ3) is 5.83. The Morgan fingerprint density at radius 3 is 2.76 bits per heavy atom. The molecule has 0 aliphatic heterocycles. The molecule has 1 aromatic heterocycles. The van der Waals surface area contributed by atoms with Crippen molar-refractivity contribution >= 4 is 39.1 Å². The van der Waals surface area contributed by atoms with E-state index in [2.05, 4.69) is 21.2 Å². The van der Waals surface area contributed by atoms with Gasteiger partial charge in [0.25, 0.3) is 0 Å². The van der Waals surface area contributed by atoms with E-state index in [0.717, 1.165) is 9.35 Å². The standard InChI is InChI=1S/C11H14BrNO3S/c1-7(3-11(15)16)2-10(14)13-5-9-4-8(12)6-17-9/h4,6-7H,2-3,5H2,1H3,(H,13,14)(H,15,16). The first-order valence-electron chi connectivity index (χ1n) is 5.18. The van der Waals surface area contributed by atoms with Crippen LogP contribution < -0.4 is 5.32 Å². The lowest BCUT2D eigenvalue weighted by atomic mass is 10.0. The van der Waals surface area contributed by atoms with Gasteiger partial charge in [-0.25, -0.2) is 0 Å². The number of carboxylic acids is 1. The van der Waals surface area contributed by atoms with E-state index in [-0.39, 0.29) is 24.7 Å². The molecule has 6 heteroatoms. The van der Waals surface area contributed by atoms with Crippen molar-refractivity contribution in [3.8, 4) is 0 Å². The number of amides is 1. The van der Waals surface area contributed by atoms with Gasteiger partial charge in [-0.3, -0.25) is 9.59 Å². The molecule has 1 rings (SSSR count). The summed E-state index contributed by atoms with van der Waals surface area (Å²) in [5.74, 6) is -1.11. The number of carboxylic acid groups (broad SMARTS) is 1. The van der Waals surface area contributed by atoms with Gasteiger partial charge in [-0.1, -0.05) is 6.92 Å². The molecular formula is C11H14BrNO3S. The Morgan fingerprint density at radius 2 is 2.24 bits per heavy atom. The van der Waals surface area contributed by atoms with Gasteiger partial charge in [0.1, 0.15) is 0 Å². The van der Waals surface area contributed by atoms with Crippen molar-refractivity contribution in [2.24, 2.45) is 5.92 Å². The van der Waals surface area contributed by atoms with Gasteiger partial charge >= 0.3 is 5.97 Å². The second kappa shape index (κ2) is 6.76. The minimum atomic E-state index is -0.868. The van der Waals surface area contributed by atoms with Gasteiger partial charge in [-0.15, -0.1) is 11.3 Å². The average molecular weight is 320 g/mol. The first-order valence-corrected chi connectivity index (χ1v) is 6.86. The van der Waals surface area contributed by atoms with Crippen LogP contribution in [-0.2, 0) is 16.1 Å². The number of hydrogen-bond acceptors (Lipinski definition) is 3. The van der Waals surface area contributed by atoms with Gasteiger partial charge < -0.3 is 10.4 Å². The maximum Gasteiger partial charge on any atom is 0.303 e. The van der Waals surface area contributed by atoms with Crippen LogP contribution in [0.5, 0.6) is 0 Å². The van der Waals surface area contributed by atoms with Crippen molar-refractivity contribution < 1.29 is 14.7 Å². The molecule has 0 spiro atoms. The first-order chi connectivity index (χ1) is 7.97. The molecule has 1 atom stereocenters. The Morgan fingerprint density at radius 1 is 1.53 bits per heavy atom. The molecule has 0 bridgehead atoms. The smallest absolute Gasteiger partial charge is 0.303 e. The highest BCUT2D eigenvalue weighted by atomic mass is 79.9. The lowest BCUT2D eigenvalue weighted by Gasteiger charge is -2.08. The van der Waals surface area contributed by atoms with Crippen molar-refractivity contribution in [1.82, 2.24) is 5.32 Å². The van der Waals surface area contributed by atoms with Gasteiger partial charge in [0.2, 0.25) is 5.91 Å². The highest BCUT2D eigenvalue weighted by molar-refractivity contribution is 9.10. The van der Waals surface area contributed by atoms with Gasteiger partial charge in [-0.05, 0) is 27.9 Å². The molecule has 4 nitrogen and oxygen atoms in total. The monoisotopic (exact) mass is 319 g/mol. The molecule has 0 saturated carbocycles. The van der Waals surface area contributed by atoms with Crippen molar-refractivity contribution in [3.63, 3.8) is 0 Å². The van der Waals surface area contributed by atoms with E-state index in [1.807, 2.05) is 11.4 Å². The fraction of sp³-hybridized carbons (Fsp3) is 0.455. The zero-order valence-corrected chi connectivity index (χ0v) is 11.8. The van der Waals surface area contributed by atoms with Crippen molar-refractivity contribution in [3.05, 3.63) is 20.8 Å². The third-order valence-corrected chi connectivity index (χ3v) is 3.84. The van der Waals surface area contributed by atoms with Crippen molar-refractivity contribution in [2.75, 3.05) is 0 Å². The van der Waals surface area contributed by atoms with Crippen molar-refractivity contribution in [1.29, 1.82) is 0 Å². The number of carbonyl (C=O) groups is 2. The van der Waals surface area contributed by atoms with E-state index >= 15 is 0 Å². The highest BCUT2D eigenvalue weighted by Crippen LogP contribution is 2.19. The van der Waals surface area contributed by atoms with E-state index in [1.54, 1.807) is 18.3 Å². The fourth-order valence-corrected chi connectivity index (χ4v) is 2.78. The van der Waals surface area contributed by atoms with Crippen LogP contribution in [0.25, 0.3) is 0 Å². The molecule has 1 unspecified atom stereocenters. The summed E-state index contributed by atoms with van der Waals surface area (Å²) in [7, 11) is 0. The van der Waals surface area contributed by atoms with Crippen LogP contribution in [0.15, 0.2) is 15.9 Å². The summed E-state index contributed by atoms with van der Waals surface area (Å²) >= 11 is 4.90. The average Bonchev–Trinajstić information content (AvgIpc) is 2.59. The molecule has 1 aromatic rings. The second-order valence-electron chi connectivity index (χ2n) is 3.92. The Balaban J connectivity index is 2.28. The van der Waals surface area contributed by atoms with Crippen LogP contribution in [0, 0.1) is 5.92 Å². The summed E-state index contributed by atoms with van der Waals surface area (Å²) in [5.41, 5.74) is 0. The summed E-state index contributed by atoms with van der Waals surface area (Å²) in [5, 5.41) is 13.3. The zero-order chi connectivity index (χ0) is 12.8. The molecule has 0 aliphatic carbocycles. The number of rotatable bonds is 6. The predicted octanol–water partition coefficient (Wildman–Crippen LogP) is 2.63. The minimum Gasteiger partial charge on any atom is -0.481 e. The van der Waals surface area contributed by atoms with Crippen LogP contribution in [0.1, 0.15) is 24.6 Å². The van der Waals surface area contributed by atoms with Crippen LogP contribution in [0.4, 0.5) is 0 Å². The van der Waals surface area contributed by atoms with Crippen LogP contribution in [0.2, 0.25) is 0 Å². The Kier molecular flexibility index (Phi) is 5.64. The normalized spacial score (nSPS) is 12.1. The third-order valence-electron chi connectivity index (χ3n) is 2.14. The zero-order valence-electron chi connectivity index (χ0n) is 9.40. The summed E-state index contributed by atoms with van der Waals surface area (Å²) in [6, 6.07) is 1.95. The Hall–Kier alpha value is -0.880. The lowest BCUT2D eigenvalue weighted by molar-refractivity contribution is -0.138. The summed E-state index contributed by atoms with van der Waals surface area (Å²) in [4.78, 5) is 23.0. The maximum atomic E-state index is 11.5. The van der Waals surface area contributed by atoms with E-state index < -0.39 is 5.97 Å². The number of carbonyl (C=O) groups excluding carboxylic acids is 1. The van der Waals surface area contributed by atoms with Crippen LogP contribution in [-0.4, -0.2) is 17.0 Å². The van der Waals surface area contributed by atoms with Crippen molar-refractivity contribution in [2.45, 2.75) is 26.3 Å². The van der Waals surface area contributed by atoms with E-state index in [4.69, 9.17) is 5.11 Å². The SMILES string of the molecule is CC(CC(=O)O)CC(=O)NCc1cc(Br)cs1. The lowest BCUT2D eigenvalue weighted by Crippen LogP contribution is -2.24. The van der Waals surface area contributed by atoms with E-state index in [0.29, 0.717) is 6.54 Å². The quantitative estimate of drug-likeness (QED) is 0.847. The minimum absolute atomic E-state index is 0.0258. The summed E-state index contributed by atoms with van der Waals surface area (Å²) in [6.07, 6.45) is 0.275. The molecule has 0 fully saturated rings. The summed E-state index contributed by atoms with van der Waals surface area (Å²) < 4.78 is 1.01. The molecule has 2 N–H and O–H groups in total. The molecule has 0 saturated heterocycles. The molecule has 94 valence electrons. The summed E-state index contributed by atoms with van der Waals surface area (Å²) in [6.45, 7) is 2.25. The molecule has 1 amide bonds. The fourth-order valence-electron chi connectivity index (χ4n) is 1.39. The predicted molar refractivity (Wildman–Crippen MR) is 69.9 cm³/mol. The molecule has 0 radical (unpaired) electrons. The molecule has 17 heavy (non-hydrogen) atoms. The molecule has 1 heterocycles. The second-order valence-corrected chi connectivity index (χ2v) is 5.83. The largest absolute Gasteiger partial charge is 0.481 e. The Bertz CT molecular complexity index is 405. The number of halogens is 1. The first kappa shape index (κ1) is 14.2.